The highest BCUT2D eigenvalue weighted by Gasteiger charge is 2.29. The minimum absolute atomic E-state index is 0.0103. The van der Waals surface area contributed by atoms with Crippen LogP contribution in [0.15, 0.2) is 28.8 Å². The molecule has 0 radical (unpaired) electrons. The van der Waals surface area contributed by atoms with Crippen LogP contribution in [0.2, 0.25) is 0 Å². The summed E-state index contributed by atoms with van der Waals surface area (Å²) in [6, 6.07) is 8.56. The number of carbonyl (C=O) groups is 1. The van der Waals surface area contributed by atoms with Crippen molar-refractivity contribution in [1.82, 2.24) is 20.4 Å². The molecular formula is C26H40N4O2. The Hall–Kier alpha value is -2.21. The maximum absolute atomic E-state index is 12.9. The summed E-state index contributed by atoms with van der Waals surface area (Å²) in [5.74, 6) is 2.25. The number of hydrogen-bond acceptors (Lipinski definition) is 5. The van der Waals surface area contributed by atoms with Gasteiger partial charge in [0.1, 0.15) is 0 Å². The van der Waals surface area contributed by atoms with Crippen LogP contribution in [-0.4, -0.2) is 40.1 Å². The number of carbonyl (C=O) groups excluding carboxylic acids is 1. The number of aromatic nitrogens is 2. The van der Waals surface area contributed by atoms with E-state index >= 15 is 0 Å². The lowest BCUT2D eigenvalue weighted by atomic mass is 9.87. The quantitative estimate of drug-likeness (QED) is 0.653. The Bertz CT molecular complexity index is 872. The molecular weight excluding hydrogens is 400 g/mol. The first kappa shape index (κ1) is 24.4. The van der Waals surface area contributed by atoms with E-state index in [1.807, 2.05) is 0 Å². The van der Waals surface area contributed by atoms with E-state index in [4.69, 9.17) is 4.52 Å². The van der Waals surface area contributed by atoms with Crippen molar-refractivity contribution in [3.63, 3.8) is 0 Å². The summed E-state index contributed by atoms with van der Waals surface area (Å²) >= 11 is 0. The molecule has 1 N–H and O–H groups in total. The molecule has 2 aromatic rings. The fourth-order valence-electron chi connectivity index (χ4n) is 4.55. The van der Waals surface area contributed by atoms with Crippen molar-refractivity contribution < 1.29 is 9.32 Å². The van der Waals surface area contributed by atoms with Gasteiger partial charge in [0.05, 0.1) is 12.5 Å². The van der Waals surface area contributed by atoms with Crippen molar-refractivity contribution in [1.29, 1.82) is 0 Å². The molecule has 176 valence electrons. The highest BCUT2D eigenvalue weighted by Crippen LogP contribution is 2.26. The first-order valence-corrected chi connectivity index (χ1v) is 12.0. The Labute approximate surface area is 193 Å². The fourth-order valence-corrected chi connectivity index (χ4v) is 4.55. The number of nitrogens with one attached hydrogen (secondary N) is 1. The molecule has 1 aromatic carbocycles. The summed E-state index contributed by atoms with van der Waals surface area (Å²) < 4.78 is 5.54. The van der Waals surface area contributed by atoms with E-state index in [1.165, 1.54) is 5.56 Å². The summed E-state index contributed by atoms with van der Waals surface area (Å²) in [6.45, 7) is 17.5. The molecule has 3 rings (SSSR count). The van der Waals surface area contributed by atoms with Gasteiger partial charge in [0.15, 0.2) is 0 Å². The SMILES string of the molecule is CC(C)C(NC(=O)C1CCCN(Cc2nc(-c3ccc(C(C)(C)C)cc3)no2)C1)C(C)C. The van der Waals surface area contributed by atoms with E-state index in [1.54, 1.807) is 0 Å². The van der Waals surface area contributed by atoms with Crippen LogP contribution in [0.4, 0.5) is 0 Å². The molecule has 1 atom stereocenters. The highest BCUT2D eigenvalue weighted by atomic mass is 16.5. The van der Waals surface area contributed by atoms with Gasteiger partial charge < -0.3 is 9.84 Å². The average Bonchev–Trinajstić information content (AvgIpc) is 3.19. The van der Waals surface area contributed by atoms with Crippen LogP contribution in [-0.2, 0) is 16.8 Å². The lowest BCUT2D eigenvalue weighted by Crippen LogP contribution is -2.48. The monoisotopic (exact) mass is 440 g/mol. The van der Waals surface area contributed by atoms with Crippen molar-refractivity contribution in [2.75, 3.05) is 13.1 Å². The normalized spacial score (nSPS) is 18.0. The van der Waals surface area contributed by atoms with Crippen LogP contribution >= 0.6 is 0 Å². The van der Waals surface area contributed by atoms with E-state index in [2.05, 4.69) is 93.1 Å². The van der Waals surface area contributed by atoms with Crippen molar-refractivity contribution in [3.05, 3.63) is 35.7 Å². The largest absolute Gasteiger partial charge is 0.353 e. The lowest BCUT2D eigenvalue weighted by molar-refractivity contribution is -0.128. The smallest absolute Gasteiger partial charge is 0.241 e. The number of nitrogens with zero attached hydrogens (tertiary/aromatic N) is 3. The molecule has 0 aliphatic carbocycles. The summed E-state index contributed by atoms with van der Waals surface area (Å²) in [6.07, 6.45) is 1.93. The Morgan fingerprint density at radius 2 is 1.81 bits per heavy atom. The van der Waals surface area contributed by atoms with E-state index in [9.17, 15) is 4.79 Å². The minimum Gasteiger partial charge on any atom is -0.353 e. The zero-order valence-corrected chi connectivity index (χ0v) is 20.8. The molecule has 1 fully saturated rings. The van der Waals surface area contributed by atoms with Crippen LogP contribution in [0, 0.1) is 17.8 Å². The standard InChI is InChI=1S/C26H40N4O2/c1-17(2)23(18(3)4)28-25(31)20-9-8-14-30(15-20)16-22-27-24(29-32-22)19-10-12-21(13-11-19)26(5,6)7/h10-13,17-18,20,23H,8-9,14-16H2,1-7H3,(H,28,31). The molecule has 1 aromatic heterocycles. The maximum Gasteiger partial charge on any atom is 0.241 e. The fraction of sp³-hybridized carbons (Fsp3) is 0.654. The second kappa shape index (κ2) is 10.2. The Kier molecular flexibility index (Phi) is 7.75. The van der Waals surface area contributed by atoms with Crippen LogP contribution in [0.3, 0.4) is 0 Å². The zero-order chi connectivity index (χ0) is 23.5. The predicted octanol–water partition coefficient (Wildman–Crippen LogP) is 5.04. The third kappa shape index (κ3) is 6.18. The molecule has 6 heteroatoms. The van der Waals surface area contributed by atoms with Gasteiger partial charge in [0.25, 0.3) is 0 Å². The summed E-state index contributed by atoms with van der Waals surface area (Å²) in [4.78, 5) is 19.8. The summed E-state index contributed by atoms with van der Waals surface area (Å²) in [5.41, 5.74) is 2.35. The predicted molar refractivity (Wildman–Crippen MR) is 128 cm³/mol. The number of hydrogen-bond donors (Lipinski definition) is 1. The third-order valence-corrected chi connectivity index (χ3v) is 6.46. The van der Waals surface area contributed by atoms with Crippen molar-refractivity contribution in [2.45, 2.75) is 79.3 Å². The van der Waals surface area contributed by atoms with Gasteiger partial charge in [-0.05, 0) is 42.2 Å². The molecule has 2 heterocycles. The van der Waals surface area contributed by atoms with Gasteiger partial charge in [-0.2, -0.15) is 4.98 Å². The summed E-state index contributed by atoms with van der Waals surface area (Å²) in [5, 5.41) is 7.48. The Morgan fingerprint density at radius 1 is 1.16 bits per heavy atom. The number of amides is 1. The number of piperidine rings is 1. The summed E-state index contributed by atoms with van der Waals surface area (Å²) in [7, 11) is 0. The zero-order valence-electron chi connectivity index (χ0n) is 20.8. The van der Waals surface area contributed by atoms with Crippen LogP contribution in [0.5, 0.6) is 0 Å². The molecule has 1 aliphatic rings. The van der Waals surface area contributed by atoms with Crippen molar-refractivity contribution >= 4 is 5.91 Å². The topological polar surface area (TPSA) is 71.3 Å². The number of likely N-dealkylation sites (tertiary alicyclic amines) is 1. The van der Waals surface area contributed by atoms with Crippen molar-refractivity contribution in [3.8, 4) is 11.4 Å². The molecule has 1 saturated heterocycles. The molecule has 32 heavy (non-hydrogen) atoms. The van der Waals surface area contributed by atoms with Gasteiger partial charge >= 0.3 is 0 Å². The van der Waals surface area contributed by atoms with E-state index in [0.29, 0.717) is 30.1 Å². The minimum atomic E-state index is 0.0103. The first-order chi connectivity index (χ1) is 15.0. The Morgan fingerprint density at radius 3 is 2.41 bits per heavy atom. The molecule has 6 nitrogen and oxygen atoms in total. The number of rotatable bonds is 7. The maximum atomic E-state index is 12.9. The Balaban J connectivity index is 1.60. The van der Waals surface area contributed by atoms with E-state index in [-0.39, 0.29) is 23.3 Å². The first-order valence-electron chi connectivity index (χ1n) is 12.0. The van der Waals surface area contributed by atoms with Crippen LogP contribution in [0.1, 0.15) is 72.8 Å². The van der Waals surface area contributed by atoms with Crippen LogP contribution < -0.4 is 5.32 Å². The molecule has 0 bridgehead atoms. The molecule has 1 unspecified atom stereocenters. The second-order valence-electron chi connectivity index (χ2n) is 10.9. The lowest BCUT2D eigenvalue weighted by Gasteiger charge is -2.33. The van der Waals surface area contributed by atoms with E-state index < -0.39 is 0 Å². The van der Waals surface area contributed by atoms with Crippen LogP contribution in [0.25, 0.3) is 11.4 Å². The van der Waals surface area contributed by atoms with Gasteiger partial charge in [-0.25, -0.2) is 0 Å². The van der Waals surface area contributed by atoms with Gasteiger partial charge in [-0.15, -0.1) is 0 Å². The molecule has 1 amide bonds. The second-order valence-corrected chi connectivity index (χ2v) is 10.9. The van der Waals surface area contributed by atoms with Crippen molar-refractivity contribution in [2.24, 2.45) is 17.8 Å². The number of benzene rings is 1. The van der Waals surface area contributed by atoms with Gasteiger partial charge in [0.2, 0.25) is 17.6 Å². The average molecular weight is 441 g/mol. The molecule has 0 saturated carbocycles. The van der Waals surface area contributed by atoms with E-state index in [0.717, 1.165) is 31.5 Å². The molecule has 0 spiro atoms. The highest BCUT2D eigenvalue weighted by molar-refractivity contribution is 5.79. The van der Waals surface area contributed by atoms with Gasteiger partial charge in [-0.1, -0.05) is 77.9 Å². The third-order valence-electron chi connectivity index (χ3n) is 6.46. The van der Waals surface area contributed by atoms with Gasteiger partial charge in [-0.3, -0.25) is 9.69 Å². The van der Waals surface area contributed by atoms with Gasteiger partial charge in [0, 0.05) is 18.2 Å². The molecule has 1 aliphatic heterocycles.